The number of aliphatic hydroxyl groups excluding tert-OH is 1. The topological polar surface area (TPSA) is 72.6 Å². The van der Waals surface area contributed by atoms with Crippen molar-refractivity contribution < 1.29 is 19.2 Å². The molecule has 14 heavy (non-hydrogen) atoms. The Bertz CT molecular complexity index is 342. The summed E-state index contributed by atoms with van der Waals surface area (Å²) in [7, 11) is 0. The first-order chi connectivity index (χ1) is 6.63. The van der Waals surface area contributed by atoms with Crippen LogP contribution in [0.25, 0.3) is 0 Å². The number of hydrogen-bond donors (Lipinski definition) is 1. The maximum absolute atomic E-state index is 12.8. The second-order valence-electron chi connectivity index (χ2n) is 2.47. The minimum absolute atomic E-state index is 0.0272. The number of hydrogen-bond acceptors (Lipinski definition) is 4. The molecule has 76 valence electrons. The van der Waals surface area contributed by atoms with Crippen molar-refractivity contribution in [1.29, 1.82) is 0 Å². The molecule has 0 aliphatic rings. The molecule has 1 aromatic carbocycles. The molecule has 1 N–H and O–H groups in total. The summed E-state index contributed by atoms with van der Waals surface area (Å²) >= 11 is 0. The molecule has 0 saturated carbocycles. The average molecular weight is 201 g/mol. The van der Waals surface area contributed by atoms with E-state index >= 15 is 0 Å². The summed E-state index contributed by atoms with van der Waals surface area (Å²) in [6, 6.07) is 2.91. The van der Waals surface area contributed by atoms with E-state index in [0.717, 1.165) is 18.2 Å². The van der Waals surface area contributed by atoms with Crippen molar-refractivity contribution in [2.45, 2.75) is 0 Å². The number of nitro groups is 1. The second-order valence-corrected chi connectivity index (χ2v) is 2.47. The van der Waals surface area contributed by atoms with Gasteiger partial charge in [-0.05, 0) is 0 Å². The first-order valence-electron chi connectivity index (χ1n) is 3.82. The molecule has 6 heteroatoms. The van der Waals surface area contributed by atoms with Gasteiger partial charge in [0.05, 0.1) is 23.7 Å². The third-order valence-electron chi connectivity index (χ3n) is 1.43. The van der Waals surface area contributed by atoms with Gasteiger partial charge in [0.15, 0.2) is 0 Å². The number of benzene rings is 1. The smallest absolute Gasteiger partial charge is 0.276 e. The molecule has 1 aromatic rings. The van der Waals surface area contributed by atoms with E-state index in [0.29, 0.717) is 0 Å². The molecule has 0 aliphatic carbocycles. The zero-order valence-electron chi connectivity index (χ0n) is 7.14. The van der Waals surface area contributed by atoms with Gasteiger partial charge < -0.3 is 9.84 Å². The van der Waals surface area contributed by atoms with Crippen molar-refractivity contribution in [1.82, 2.24) is 0 Å². The van der Waals surface area contributed by atoms with Crippen molar-refractivity contribution in [3.05, 3.63) is 34.1 Å². The van der Waals surface area contributed by atoms with Crippen LogP contribution in [0.5, 0.6) is 5.75 Å². The molecular formula is C8H8FNO4. The van der Waals surface area contributed by atoms with Crippen molar-refractivity contribution in [2.75, 3.05) is 13.2 Å². The molecule has 0 aliphatic heterocycles. The lowest BCUT2D eigenvalue weighted by Crippen LogP contribution is -2.02. The van der Waals surface area contributed by atoms with Crippen LogP contribution in [0.15, 0.2) is 18.2 Å². The Morgan fingerprint density at radius 2 is 2.21 bits per heavy atom. The highest BCUT2D eigenvalue weighted by Crippen LogP contribution is 2.21. The Balaban J connectivity index is 2.89. The maximum Gasteiger partial charge on any atom is 0.276 e. The molecule has 1 rings (SSSR count). The van der Waals surface area contributed by atoms with E-state index in [1.165, 1.54) is 0 Å². The second kappa shape index (κ2) is 4.52. The van der Waals surface area contributed by atoms with E-state index in [-0.39, 0.29) is 24.7 Å². The van der Waals surface area contributed by atoms with Crippen LogP contribution in [-0.2, 0) is 0 Å². The highest BCUT2D eigenvalue weighted by molar-refractivity contribution is 5.38. The first-order valence-corrected chi connectivity index (χ1v) is 3.82. The summed E-state index contributed by atoms with van der Waals surface area (Å²) in [5.74, 6) is -0.710. The standard InChI is InChI=1S/C8H8FNO4/c9-6-3-7(10(12)13)5-8(4-6)14-2-1-11/h3-5,11H,1-2H2. The lowest BCUT2D eigenvalue weighted by Gasteiger charge is -2.03. The minimum atomic E-state index is -0.743. The number of nitro benzene ring substituents is 1. The lowest BCUT2D eigenvalue weighted by atomic mass is 10.3. The number of nitrogens with zero attached hydrogens (tertiary/aromatic N) is 1. The molecule has 0 radical (unpaired) electrons. The molecule has 5 nitrogen and oxygen atoms in total. The van der Waals surface area contributed by atoms with Gasteiger partial charge in [-0.2, -0.15) is 0 Å². The van der Waals surface area contributed by atoms with E-state index in [2.05, 4.69) is 0 Å². The van der Waals surface area contributed by atoms with Crippen LogP contribution in [0.1, 0.15) is 0 Å². The predicted molar refractivity (Wildman–Crippen MR) is 45.6 cm³/mol. The summed E-state index contributed by atoms with van der Waals surface area (Å²) in [6.45, 7) is -0.259. The molecule has 0 aromatic heterocycles. The SMILES string of the molecule is O=[N+]([O-])c1cc(F)cc(OCCO)c1. The van der Waals surface area contributed by atoms with Crippen molar-refractivity contribution in [3.63, 3.8) is 0 Å². The molecule has 0 atom stereocenters. The fourth-order valence-corrected chi connectivity index (χ4v) is 0.900. The van der Waals surface area contributed by atoms with Gasteiger partial charge in [-0.25, -0.2) is 4.39 Å². The molecule has 0 unspecified atom stereocenters. The summed E-state index contributed by atoms with van der Waals surface area (Å²) < 4.78 is 17.6. The van der Waals surface area contributed by atoms with Gasteiger partial charge in [0.1, 0.15) is 18.2 Å². The molecule has 0 saturated heterocycles. The van der Waals surface area contributed by atoms with E-state index in [9.17, 15) is 14.5 Å². The molecular weight excluding hydrogens is 193 g/mol. The molecule has 0 heterocycles. The Morgan fingerprint density at radius 1 is 1.50 bits per heavy atom. The number of rotatable bonds is 4. The van der Waals surface area contributed by atoms with Gasteiger partial charge in [0, 0.05) is 6.07 Å². The predicted octanol–water partition coefficient (Wildman–Crippen LogP) is 1.10. The van der Waals surface area contributed by atoms with Gasteiger partial charge in [-0.15, -0.1) is 0 Å². The number of non-ortho nitro benzene ring substituents is 1. The van der Waals surface area contributed by atoms with Crippen molar-refractivity contribution >= 4 is 5.69 Å². The summed E-state index contributed by atoms with van der Waals surface area (Å²) in [5.41, 5.74) is -0.377. The van der Waals surface area contributed by atoms with Crippen molar-refractivity contribution in [2.24, 2.45) is 0 Å². The average Bonchev–Trinajstić information content (AvgIpc) is 2.14. The quantitative estimate of drug-likeness (QED) is 0.584. The largest absolute Gasteiger partial charge is 0.491 e. The van der Waals surface area contributed by atoms with Crippen molar-refractivity contribution in [3.8, 4) is 5.75 Å². The molecule has 0 spiro atoms. The number of aliphatic hydroxyl groups is 1. The van der Waals surface area contributed by atoms with Crippen LogP contribution in [-0.4, -0.2) is 23.2 Å². The van der Waals surface area contributed by atoms with Gasteiger partial charge in [-0.3, -0.25) is 10.1 Å². The third-order valence-corrected chi connectivity index (χ3v) is 1.43. The minimum Gasteiger partial charge on any atom is -0.491 e. The Hall–Kier alpha value is -1.69. The van der Waals surface area contributed by atoms with Crippen LogP contribution < -0.4 is 4.74 Å². The van der Waals surface area contributed by atoms with Gasteiger partial charge in [0.25, 0.3) is 5.69 Å². The van der Waals surface area contributed by atoms with Crippen LogP contribution in [0.4, 0.5) is 10.1 Å². The molecule has 0 bridgehead atoms. The van der Waals surface area contributed by atoms with Gasteiger partial charge >= 0.3 is 0 Å². The van der Waals surface area contributed by atoms with Crippen LogP contribution in [0, 0.1) is 15.9 Å². The van der Waals surface area contributed by atoms with Crippen LogP contribution >= 0.6 is 0 Å². The molecule has 0 fully saturated rings. The summed E-state index contributed by atoms with van der Waals surface area (Å²) in [5, 5.41) is 18.7. The normalized spacial score (nSPS) is 9.86. The highest BCUT2D eigenvalue weighted by Gasteiger charge is 2.10. The zero-order valence-corrected chi connectivity index (χ0v) is 7.14. The Kier molecular flexibility index (Phi) is 3.35. The summed E-state index contributed by atoms with van der Waals surface area (Å²) in [6.07, 6.45) is 0. The van der Waals surface area contributed by atoms with Crippen LogP contribution in [0.2, 0.25) is 0 Å². The fraction of sp³-hybridized carbons (Fsp3) is 0.250. The lowest BCUT2D eigenvalue weighted by molar-refractivity contribution is -0.385. The van der Waals surface area contributed by atoms with Gasteiger partial charge in [0.2, 0.25) is 0 Å². The van der Waals surface area contributed by atoms with E-state index in [4.69, 9.17) is 9.84 Å². The number of halogens is 1. The zero-order chi connectivity index (χ0) is 10.6. The molecule has 0 amide bonds. The van der Waals surface area contributed by atoms with E-state index in [1.54, 1.807) is 0 Å². The first kappa shape index (κ1) is 10.4. The maximum atomic E-state index is 12.8. The Labute approximate surface area is 78.9 Å². The Morgan fingerprint density at radius 3 is 2.79 bits per heavy atom. The fourth-order valence-electron chi connectivity index (χ4n) is 0.900. The van der Waals surface area contributed by atoms with E-state index in [1.807, 2.05) is 0 Å². The van der Waals surface area contributed by atoms with Crippen LogP contribution in [0.3, 0.4) is 0 Å². The third kappa shape index (κ3) is 2.67. The number of ether oxygens (including phenoxy) is 1. The van der Waals surface area contributed by atoms with Gasteiger partial charge in [-0.1, -0.05) is 0 Å². The highest BCUT2D eigenvalue weighted by atomic mass is 19.1. The monoisotopic (exact) mass is 201 g/mol. The summed E-state index contributed by atoms with van der Waals surface area (Å²) in [4.78, 5) is 9.60. The van der Waals surface area contributed by atoms with E-state index < -0.39 is 10.7 Å².